The molecule has 0 amide bonds. The van der Waals surface area contributed by atoms with E-state index in [1.807, 2.05) is 11.4 Å². The molecule has 2 aliphatic rings. The molecule has 0 atom stereocenters. The molecule has 0 N–H and O–H groups in total. The first kappa shape index (κ1) is 19.1. The van der Waals surface area contributed by atoms with Gasteiger partial charge in [-0.3, -0.25) is 4.90 Å². The van der Waals surface area contributed by atoms with Gasteiger partial charge >= 0.3 is 0 Å². The van der Waals surface area contributed by atoms with E-state index in [4.69, 9.17) is 0 Å². The molecule has 0 spiro atoms. The molecule has 3 aromatic rings. The van der Waals surface area contributed by atoms with Crippen LogP contribution in [0.3, 0.4) is 0 Å². The Hall–Kier alpha value is -2.93. The largest absolute Gasteiger partial charge is 0.354 e. The number of hydrogen-bond donors (Lipinski definition) is 0. The molecule has 2 aliphatic heterocycles. The van der Waals surface area contributed by atoms with Gasteiger partial charge in [-0.2, -0.15) is 14.6 Å². The highest BCUT2D eigenvalue weighted by Gasteiger charge is 2.38. The van der Waals surface area contributed by atoms with E-state index in [9.17, 15) is 0 Å². The molecular weight excluding hydrogens is 374 g/mol. The van der Waals surface area contributed by atoms with Crippen molar-refractivity contribution in [3.05, 3.63) is 59.7 Å². The minimum absolute atomic E-state index is 0.0421. The lowest BCUT2D eigenvalue weighted by molar-refractivity contribution is 0.281. The highest BCUT2D eigenvalue weighted by molar-refractivity contribution is 5.69. The topological polar surface area (TPSA) is 52.8 Å². The molecule has 0 radical (unpaired) electrons. The third-order valence-corrected chi connectivity index (χ3v) is 6.54. The fraction of sp³-hybridized carbons (Fsp3) is 0.435. The van der Waals surface area contributed by atoms with Crippen LogP contribution in [-0.4, -0.2) is 64.3 Å². The fourth-order valence-corrected chi connectivity index (χ4v) is 4.89. The van der Waals surface area contributed by atoms with Crippen LogP contribution >= 0.6 is 0 Å². The van der Waals surface area contributed by atoms with Crippen LogP contribution in [0.25, 0.3) is 5.78 Å². The summed E-state index contributed by atoms with van der Waals surface area (Å²) in [6.45, 7) is 11.6. The standard InChI is InChI=1S/C23H29N7/c1-17-15-21(30-22(26-17)24-16-25-30)29-13-11-28(12-14-29)10-9-20-23(2,3)18-7-5-6-8-19(18)27(20)4/h5-9,15-16H,10-14H2,1-4H3/b20-9+. The first-order valence-corrected chi connectivity index (χ1v) is 10.6. The van der Waals surface area contributed by atoms with E-state index in [1.54, 1.807) is 6.33 Å². The minimum atomic E-state index is 0.0421. The Morgan fingerprint density at radius 2 is 1.87 bits per heavy atom. The van der Waals surface area contributed by atoms with Crippen molar-refractivity contribution in [1.29, 1.82) is 0 Å². The molecule has 7 nitrogen and oxygen atoms in total. The quantitative estimate of drug-likeness (QED) is 0.670. The lowest BCUT2D eigenvalue weighted by atomic mass is 9.84. The number of allylic oxidation sites excluding steroid dienone is 1. The Morgan fingerprint density at radius 1 is 1.10 bits per heavy atom. The van der Waals surface area contributed by atoms with Gasteiger partial charge in [-0.05, 0) is 18.6 Å². The number of para-hydroxylation sites is 1. The van der Waals surface area contributed by atoms with Crippen LogP contribution < -0.4 is 9.80 Å². The highest BCUT2D eigenvalue weighted by atomic mass is 15.4. The zero-order valence-electron chi connectivity index (χ0n) is 18.2. The third kappa shape index (κ3) is 3.04. The number of fused-ring (bicyclic) bond motifs is 2. The van der Waals surface area contributed by atoms with Crippen LogP contribution in [0.15, 0.2) is 48.4 Å². The van der Waals surface area contributed by atoms with Gasteiger partial charge in [0.25, 0.3) is 5.78 Å². The maximum Gasteiger partial charge on any atom is 0.254 e. The molecular formula is C23H29N7. The number of anilines is 2. The number of likely N-dealkylation sites (N-methyl/N-ethyl adjacent to an activating group) is 1. The van der Waals surface area contributed by atoms with Crippen molar-refractivity contribution in [2.45, 2.75) is 26.2 Å². The number of benzene rings is 1. The second kappa shape index (κ2) is 7.09. The summed E-state index contributed by atoms with van der Waals surface area (Å²) in [6, 6.07) is 10.8. The average Bonchev–Trinajstić information content (AvgIpc) is 3.28. The SMILES string of the molecule is Cc1cc(N2CCN(C/C=C3/N(C)c4ccccc4C3(C)C)CC2)n2ncnc2n1. The van der Waals surface area contributed by atoms with E-state index in [0.29, 0.717) is 5.78 Å². The Balaban J connectivity index is 1.29. The Labute approximate surface area is 177 Å². The van der Waals surface area contributed by atoms with E-state index in [2.05, 4.69) is 87.1 Å². The van der Waals surface area contributed by atoms with Gasteiger partial charge in [-0.25, -0.2) is 4.98 Å². The van der Waals surface area contributed by atoms with Crippen LogP contribution in [0.1, 0.15) is 25.1 Å². The predicted molar refractivity (Wildman–Crippen MR) is 120 cm³/mol. The molecule has 156 valence electrons. The molecule has 30 heavy (non-hydrogen) atoms. The molecule has 0 bridgehead atoms. The number of hydrogen-bond acceptors (Lipinski definition) is 6. The Morgan fingerprint density at radius 3 is 2.63 bits per heavy atom. The summed E-state index contributed by atoms with van der Waals surface area (Å²) in [5.41, 5.74) is 5.14. The summed E-state index contributed by atoms with van der Waals surface area (Å²) >= 11 is 0. The number of piperazine rings is 1. The lowest BCUT2D eigenvalue weighted by Crippen LogP contribution is -2.47. The van der Waals surface area contributed by atoms with Crippen LogP contribution in [0.4, 0.5) is 11.5 Å². The Kier molecular flexibility index (Phi) is 4.50. The second-order valence-electron chi connectivity index (χ2n) is 8.81. The molecule has 1 saturated heterocycles. The van der Waals surface area contributed by atoms with E-state index >= 15 is 0 Å². The number of rotatable bonds is 3. The zero-order valence-corrected chi connectivity index (χ0v) is 18.2. The summed E-state index contributed by atoms with van der Waals surface area (Å²) in [7, 11) is 2.19. The van der Waals surface area contributed by atoms with Crippen molar-refractivity contribution < 1.29 is 0 Å². The first-order chi connectivity index (χ1) is 14.4. The van der Waals surface area contributed by atoms with Crippen molar-refractivity contribution in [3.63, 3.8) is 0 Å². The van der Waals surface area contributed by atoms with E-state index < -0.39 is 0 Å². The molecule has 0 saturated carbocycles. The summed E-state index contributed by atoms with van der Waals surface area (Å²) < 4.78 is 1.85. The smallest absolute Gasteiger partial charge is 0.254 e. The molecule has 5 rings (SSSR count). The maximum atomic E-state index is 4.46. The van der Waals surface area contributed by atoms with Gasteiger partial charge in [0.1, 0.15) is 12.1 Å². The highest BCUT2D eigenvalue weighted by Crippen LogP contribution is 2.46. The van der Waals surface area contributed by atoms with Crippen molar-refractivity contribution in [3.8, 4) is 0 Å². The van der Waals surface area contributed by atoms with Crippen molar-refractivity contribution in [2.24, 2.45) is 0 Å². The van der Waals surface area contributed by atoms with Crippen LogP contribution in [0, 0.1) is 6.92 Å². The number of aryl methyl sites for hydroxylation is 1. The van der Waals surface area contributed by atoms with Crippen molar-refractivity contribution in [1.82, 2.24) is 24.5 Å². The fourth-order valence-electron chi connectivity index (χ4n) is 4.89. The van der Waals surface area contributed by atoms with E-state index in [0.717, 1.165) is 44.2 Å². The van der Waals surface area contributed by atoms with Gasteiger partial charge in [-0.1, -0.05) is 38.1 Å². The normalized spacial score (nSPS) is 20.3. The van der Waals surface area contributed by atoms with Crippen LogP contribution in [0.2, 0.25) is 0 Å². The number of nitrogens with zero attached hydrogens (tertiary/aromatic N) is 7. The molecule has 0 unspecified atom stereocenters. The molecule has 1 fully saturated rings. The summed E-state index contributed by atoms with van der Waals surface area (Å²) in [5.74, 6) is 1.75. The third-order valence-electron chi connectivity index (χ3n) is 6.54. The first-order valence-electron chi connectivity index (χ1n) is 10.6. The van der Waals surface area contributed by atoms with Gasteiger partial charge in [0, 0.05) is 68.3 Å². The summed E-state index contributed by atoms with van der Waals surface area (Å²) in [4.78, 5) is 16.0. The van der Waals surface area contributed by atoms with Crippen LogP contribution in [0.5, 0.6) is 0 Å². The minimum Gasteiger partial charge on any atom is -0.354 e. The maximum absolute atomic E-state index is 4.46. The van der Waals surface area contributed by atoms with E-state index in [-0.39, 0.29) is 5.41 Å². The van der Waals surface area contributed by atoms with Crippen molar-refractivity contribution in [2.75, 3.05) is 49.6 Å². The molecule has 4 heterocycles. The van der Waals surface area contributed by atoms with Gasteiger partial charge in [-0.15, -0.1) is 0 Å². The lowest BCUT2D eigenvalue weighted by Gasteiger charge is -2.36. The molecule has 7 heteroatoms. The van der Waals surface area contributed by atoms with Crippen molar-refractivity contribution >= 4 is 17.3 Å². The van der Waals surface area contributed by atoms with E-state index in [1.165, 1.54) is 16.9 Å². The molecule has 0 aliphatic carbocycles. The second-order valence-corrected chi connectivity index (χ2v) is 8.81. The predicted octanol–water partition coefficient (Wildman–Crippen LogP) is 2.87. The zero-order chi connectivity index (χ0) is 20.9. The van der Waals surface area contributed by atoms with Crippen LogP contribution in [-0.2, 0) is 5.41 Å². The molecule has 1 aromatic carbocycles. The van der Waals surface area contributed by atoms with Gasteiger partial charge < -0.3 is 9.80 Å². The summed E-state index contributed by atoms with van der Waals surface area (Å²) in [5, 5.41) is 4.36. The van der Waals surface area contributed by atoms with Gasteiger partial charge in [0.15, 0.2) is 0 Å². The monoisotopic (exact) mass is 403 g/mol. The summed E-state index contributed by atoms with van der Waals surface area (Å²) in [6.07, 6.45) is 3.99. The average molecular weight is 404 g/mol. The van der Waals surface area contributed by atoms with Gasteiger partial charge in [0.05, 0.1) is 0 Å². The van der Waals surface area contributed by atoms with Gasteiger partial charge in [0.2, 0.25) is 0 Å². The molecule has 2 aromatic heterocycles. The Bertz CT molecular complexity index is 1110. The number of aromatic nitrogens is 4.